The van der Waals surface area contributed by atoms with Crippen molar-refractivity contribution in [3.05, 3.63) is 42.2 Å². The summed E-state index contributed by atoms with van der Waals surface area (Å²) < 4.78 is 4.63. The largest absolute Gasteiger partial charge is 0.463 e. The first-order valence-corrected chi connectivity index (χ1v) is 4.53. The van der Waals surface area contributed by atoms with Crippen LogP contribution in [0.15, 0.2) is 36.7 Å². The standard InChI is InChI=1S/C11H11NO3/c1-2-15-11(14)6-5-10(13)9-4-3-7-12-8-9/h3-8H,2H2,1H3/b6-5+. The zero-order valence-corrected chi connectivity index (χ0v) is 8.34. The molecule has 15 heavy (non-hydrogen) atoms. The summed E-state index contributed by atoms with van der Waals surface area (Å²) in [6.07, 6.45) is 5.30. The summed E-state index contributed by atoms with van der Waals surface area (Å²) in [7, 11) is 0. The van der Waals surface area contributed by atoms with E-state index < -0.39 is 5.97 Å². The van der Waals surface area contributed by atoms with Crippen molar-refractivity contribution in [1.82, 2.24) is 4.98 Å². The molecule has 0 fully saturated rings. The van der Waals surface area contributed by atoms with E-state index in [2.05, 4.69) is 9.72 Å². The molecule has 0 unspecified atom stereocenters. The topological polar surface area (TPSA) is 56.3 Å². The van der Waals surface area contributed by atoms with Gasteiger partial charge in [-0.25, -0.2) is 4.79 Å². The average molecular weight is 205 g/mol. The van der Waals surface area contributed by atoms with Crippen LogP contribution in [0, 0.1) is 0 Å². The number of rotatable bonds is 4. The Balaban J connectivity index is 2.60. The molecule has 1 rings (SSSR count). The van der Waals surface area contributed by atoms with Gasteiger partial charge in [0, 0.05) is 24.0 Å². The highest BCUT2D eigenvalue weighted by molar-refractivity contribution is 6.06. The highest BCUT2D eigenvalue weighted by Gasteiger charge is 2.01. The minimum atomic E-state index is -0.519. The number of ether oxygens (including phenoxy) is 1. The van der Waals surface area contributed by atoms with Crippen molar-refractivity contribution in [3.63, 3.8) is 0 Å². The van der Waals surface area contributed by atoms with Crippen molar-refractivity contribution < 1.29 is 14.3 Å². The number of carbonyl (C=O) groups is 2. The fourth-order valence-corrected chi connectivity index (χ4v) is 0.939. The second-order valence-corrected chi connectivity index (χ2v) is 2.69. The Morgan fingerprint density at radius 1 is 1.47 bits per heavy atom. The van der Waals surface area contributed by atoms with E-state index in [0.717, 1.165) is 6.08 Å². The van der Waals surface area contributed by atoms with E-state index in [1.165, 1.54) is 12.3 Å². The Labute approximate surface area is 87.6 Å². The quantitative estimate of drug-likeness (QED) is 0.423. The van der Waals surface area contributed by atoms with E-state index in [4.69, 9.17) is 0 Å². The highest BCUT2D eigenvalue weighted by atomic mass is 16.5. The number of esters is 1. The Kier molecular flexibility index (Phi) is 4.22. The fraction of sp³-hybridized carbons (Fsp3) is 0.182. The predicted molar refractivity (Wildman–Crippen MR) is 54.3 cm³/mol. The molecular weight excluding hydrogens is 194 g/mol. The molecular formula is C11H11NO3. The van der Waals surface area contributed by atoms with E-state index in [-0.39, 0.29) is 5.78 Å². The molecule has 0 radical (unpaired) electrons. The first-order chi connectivity index (χ1) is 7.24. The maximum atomic E-state index is 11.4. The van der Waals surface area contributed by atoms with Gasteiger partial charge in [0.05, 0.1) is 6.61 Å². The van der Waals surface area contributed by atoms with Crippen molar-refractivity contribution in [2.24, 2.45) is 0 Å². The number of hydrogen-bond acceptors (Lipinski definition) is 4. The average Bonchev–Trinajstić information content (AvgIpc) is 2.27. The molecule has 78 valence electrons. The third-order valence-corrected chi connectivity index (χ3v) is 1.60. The zero-order chi connectivity index (χ0) is 11.1. The summed E-state index contributed by atoms with van der Waals surface area (Å²) in [5.74, 6) is -0.786. The molecule has 1 heterocycles. The normalized spacial score (nSPS) is 10.2. The molecule has 0 bridgehead atoms. The van der Waals surface area contributed by atoms with Gasteiger partial charge in [0.1, 0.15) is 0 Å². The molecule has 0 amide bonds. The van der Waals surface area contributed by atoms with Gasteiger partial charge in [-0.05, 0) is 25.1 Å². The molecule has 0 N–H and O–H groups in total. The lowest BCUT2D eigenvalue weighted by atomic mass is 10.2. The van der Waals surface area contributed by atoms with Gasteiger partial charge >= 0.3 is 5.97 Å². The van der Waals surface area contributed by atoms with Crippen molar-refractivity contribution >= 4 is 11.8 Å². The van der Waals surface area contributed by atoms with E-state index in [1.807, 2.05) is 0 Å². The van der Waals surface area contributed by atoms with Crippen LogP contribution in [0.1, 0.15) is 17.3 Å². The maximum Gasteiger partial charge on any atom is 0.330 e. The SMILES string of the molecule is CCOC(=O)/C=C/C(=O)c1cccnc1. The lowest BCUT2D eigenvalue weighted by molar-refractivity contribution is -0.137. The van der Waals surface area contributed by atoms with Gasteiger partial charge in [-0.2, -0.15) is 0 Å². The van der Waals surface area contributed by atoms with Crippen LogP contribution in [0.5, 0.6) is 0 Å². The van der Waals surface area contributed by atoms with Gasteiger partial charge < -0.3 is 4.74 Å². The lowest BCUT2D eigenvalue weighted by Crippen LogP contribution is -2.01. The highest BCUT2D eigenvalue weighted by Crippen LogP contribution is 1.98. The third-order valence-electron chi connectivity index (χ3n) is 1.60. The maximum absolute atomic E-state index is 11.4. The number of hydrogen-bond donors (Lipinski definition) is 0. The first kappa shape index (κ1) is 11.1. The zero-order valence-electron chi connectivity index (χ0n) is 8.34. The van der Waals surface area contributed by atoms with Gasteiger partial charge in [-0.15, -0.1) is 0 Å². The van der Waals surface area contributed by atoms with Crippen molar-refractivity contribution in [2.45, 2.75) is 6.92 Å². The van der Waals surface area contributed by atoms with E-state index in [1.54, 1.807) is 25.3 Å². The molecule has 0 aliphatic heterocycles. The summed E-state index contributed by atoms with van der Waals surface area (Å²) in [5, 5.41) is 0. The van der Waals surface area contributed by atoms with Gasteiger partial charge in [0.25, 0.3) is 0 Å². The van der Waals surface area contributed by atoms with Crippen LogP contribution in [0.25, 0.3) is 0 Å². The van der Waals surface area contributed by atoms with Crippen molar-refractivity contribution in [1.29, 1.82) is 0 Å². The molecule has 0 saturated carbocycles. The van der Waals surface area contributed by atoms with Crippen LogP contribution in [-0.2, 0) is 9.53 Å². The Morgan fingerprint density at radius 2 is 2.27 bits per heavy atom. The van der Waals surface area contributed by atoms with E-state index >= 15 is 0 Å². The summed E-state index contributed by atoms with van der Waals surface area (Å²) >= 11 is 0. The van der Waals surface area contributed by atoms with Gasteiger partial charge in [-0.1, -0.05) is 0 Å². The molecule has 1 aromatic rings. The number of allylic oxidation sites excluding steroid dienone is 1. The minimum Gasteiger partial charge on any atom is -0.463 e. The van der Waals surface area contributed by atoms with Crippen LogP contribution in [0.3, 0.4) is 0 Å². The molecule has 0 aromatic carbocycles. The second-order valence-electron chi connectivity index (χ2n) is 2.69. The van der Waals surface area contributed by atoms with Gasteiger partial charge in [-0.3, -0.25) is 9.78 Å². The summed E-state index contributed by atoms with van der Waals surface area (Å²) in [6.45, 7) is 2.00. The molecule has 4 heteroatoms. The van der Waals surface area contributed by atoms with Crippen LogP contribution in [0.2, 0.25) is 0 Å². The van der Waals surface area contributed by atoms with Crippen molar-refractivity contribution in [3.8, 4) is 0 Å². The molecule has 4 nitrogen and oxygen atoms in total. The van der Waals surface area contributed by atoms with Crippen LogP contribution in [-0.4, -0.2) is 23.3 Å². The Bertz CT molecular complexity index is 371. The van der Waals surface area contributed by atoms with Crippen LogP contribution < -0.4 is 0 Å². The Morgan fingerprint density at radius 3 is 2.87 bits per heavy atom. The second kappa shape index (κ2) is 5.70. The van der Waals surface area contributed by atoms with Crippen molar-refractivity contribution in [2.75, 3.05) is 6.61 Å². The lowest BCUT2D eigenvalue weighted by Gasteiger charge is -1.95. The minimum absolute atomic E-state index is 0.267. The number of nitrogens with zero attached hydrogens (tertiary/aromatic N) is 1. The van der Waals surface area contributed by atoms with Gasteiger partial charge in [0.15, 0.2) is 5.78 Å². The molecule has 0 saturated heterocycles. The Hall–Kier alpha value is -1.97. The molecule has 0 aliphatic rings. The van der Waals surface area contributed by atoms with Crippen LogP contribution >= 0.6 is 0 Å². The molecule has 0 spiro atoms. The first-order valence-electron chi connectivity index (χ1n) is 4.53. The molecule has 1 aromatic heterocycles. The van der Waals surface area contributed by atoms with E-state index in [9.17, 15) is 9.59 Å². The molecule has 0 atom stereocenters. The number of pyridine rings is 1. The van der Waals surface area contributed by atoms with Gasteiger partial charge in [0.2, 0.25) is 0 Å². The smallest absolute Gasteiger partial charge is 0.330 e. The third kappa shape index (κ3) is 3.72. The summed E-state index contributed by atoms with van der Waals surface area (Å²) in [4.78, 5) is 26.1. The fourth-order valence-electron chi connectivity index (χ4n) is 0.939. The van der Waals surface area contributed by atoms with E-state index in [0.29, 0.717) is 12.2 Å². The number of ketones is 1. The monoisotopic (exact) mass is 205 g/mol. The number of carbonyl (C=O) groups excluding carboxylic acids is 2. The van der Waals surface area contributed by atoms with Crippen LogP contribution in [0.4, 0.5) is 0 Å². The summed E-state index contributed by atoms with van der Waals surface area (Å²) in [6, 6.07) is 3.29. The molecule has 0 aliphatic carbocycles. The summed E-state index contributed by atoms with van der Waals surface area (Å²) in [5.41, 5.74) is 0.443. The predicted octanol–water partition coefficient (Wildman–Crippen LogP) is 1.38. The number of aromatic nitrogens is 1.